The number of nitrogens with zero attached hydrogens (tertiary/aromatic N) is 4. The third kappa shape index (κ3) is 4.28. The van der Waals surface area contributed by atoms with E-state index in [1.807, 2.05) is 53.4 Å². The first-order chi connectivity index (χ1) is 13.8. The molecule has 3 aromatic rings. The van der Waals surface area contributed by atoms with E-state index < -0.39 is 0 Å². The molecule has 142 valence electrons. The fourth-order valence-electron chi connectivity index (χ4n) is 3.28. The van der Waals surface area contributed by atoms with Crippen LogP contribution in [-0.2, 0) is 6.54 Å². The molecule has 2 heterocycles. The minimum atomic E-state index is 0.0724. The van der Waals surface area contributed by atoms with Crippen LogP contribution >= 0.6 is 0 Å². The first kappa shape index (κ1) is 18.0. The van der Waals surface area contributed by atoms with Gasteiger partial charge in [-0.05, 0) is 35.9 Å². The molecule has 0 bridgehead atoms. The van der Waals surface area contributed by atoms with Crippen LogP contribution in [-0.4, -0.2) is 47.0 Å². The van der Waals surface area contributed by atoms with Crippen molar-refractivity contribution in [1.29, 1.82) is 0 Å². The topological polar surface area (TPSA) is 61.4 Å². The van der Waals surface area contributed by atoms with E-state index in [1.165, 1.54) is 5.56 Å². The summed E-state index contributed by atoms with van der Waals surface area (Å²) < 4.78 is 0. The van der Waals surface area contributed by atoms with E-state index in [0.717, 1.165) is 36.8 Å². The first-order valence-electron chi connectivity index (χ1n) is 9.49. The molecule has 0 spiro atoms. The summed E-state index contributed by atoms with van der Waals surface area (Å²) in [6.45, 7) is 3.59. The molecule has 6 heteroatoms. The van der Waals surface area contributed by atoms with Gasteiger partial charge in [0.2, 0.25) is 5.95 Å². The molecule has 0 atom stereocenters. The number of hydrogen-bond donors (Lipinski definition) is 1. The Labute approximate surface area is 164 Å². The highest BCUT2D eigenvalue weighted by molar-refractivity contribution is 5.94. The molecule has 2 aromatic carbocycles. The van der Waals surface area contributed by atoms with Crippen molar-refractivity contribution in [2.75, 3.05) is 36.4 Å². The molecule has 1 amide bonds. The van der Waals surface area contributed by atoms with E-state index >= 15 is 0 Å². The second kappa shape index (κ2) is 8.52. The molecule has 0 saturated carbocycles. The van der Waals surface area contributed by atoms with Crippen molar-refractivity contribution >= 4 is 17.5 Å². The Morgan fingerprint density at radius 3 is 2.21 bits per heavy atom. The van der Waals surface area contributed by atoms with Gasteiger partial charge in [0.25, 0.3) is 5.91 Å². The Hall–Kier alpha value is -3.41. The van der Waals surface area contributed by atoms with Crippen molar-refractivity contribution in [3.8, 4) is 0 Å². The average Bonchev–Trinajstić information content (AvgIpc) is 2.79. The Morgan fingerprint density at radius 2 is 1.54 bits per heavy atom. The lowest BCUT2D eigenvalue weighted by atomic mass is 10.1. The number of rotatable bonds is 5. The number of anilines is 2. The predicted molar refractivity (Wildman–Crippen MR) is 110 cm³/mol. The van der Waals surface area contributed by atoms with Gasteiger partial charge in [0.1, 0.15) is 0 Å². The Kier molecular flexibility index (Phi) is 5.47. The maximum Gasteiger partial charge on any atom is 0.253 e. The minimum absolute atomic E-state index is 0.0724. The SMILES string of the molecule is O=C(c1ccc(NCc2ccccc2)cc1)N1CCN(c2ncccn2)CC1. The Bertz CT molecular complexity index is 891. The van der Waals surface area contributed by atoms with Crippen LogP contribution in [0.1, 0.15) is 15.9 Å². The van der Waals surface area contributed by atoms with Crippen molar-refractivity contribution in [3.05, 3.63) is 84.2 Å². The zero-order valence-electron chi connectivity index (χ0n) is 15.7. The van der Waals surface area contributed by atoms with Gasteiger partial charge in [-0.1, -0.05) is 30.3 Å². The van der Waals surface area contributed by atoms with Gasteiger partial charge in [-0.2, -0.15) is 0 Å². The molecule has 1 saturated heterocycles. The number of benzene rings is 2. The van der Waals surface area contributed by atoms with Crippen LogP contribution < -0.4 is 10.2 Å². The van der Waals surface area contributed by atoms with Crippen LogP contribution in [0.4, 0.5) is 11.6 Å². The lowest BCUT2D eigenvalue weighted by molar-refractivity contribution is 0.0746. The highest BCUT2D eigenvalue weighted by atomic mass is 16.2. The molecule has 1 aromatic heterocycles. The molecule has 6 nitrogen and oxygen atoms in total. The predicted octanol–water partition coefficient (Wildman–Crippen LogP) is 3.05. The fourth-order valence-corrected chi connectivity index (χ4v) is 3.28. The van der Waals surface area contributed by atoms with E-state index in [1.54, 1.807) is 12.4 Å². The third-order valence-electron chi connectivity index (χ3n) is 4.87. The fraction of sp³-hybridized carbons (Fsp3) is 0.227. The van der Waals surface area contributed by atoms with Crippen molar-refractivity contribution in [1.82, 2.24) is 14.9 Å². The van der Waals surface area contributed by atoms with Gasteiger partial charge < -0.3 is 15.1 Å². The monoisotopic (exact) mass is 373 g/mol. The van der Waals surface area contributed by atoms with Crippen molar-refractivity contribution in [2.24, 2.45) is 0 Å². The van der Waals surface area contributed by atoms with Gasteiger partial charge in [0, 0.05) is 56.4 Å². The Morgan fingerprint density at radius 1 is 0.857 bits per heavy atom. The highest BCUT2D eigenvalue weighted by Crippen LogP contribution is 2.15. The molecule has 1 N–H and O–H groups in total. The summed E-state index contributed by atoms with van der Waals surface area (Å²) in [5.41, 5.74) is 2.95. The molecule has 0 radical (unpaired) electrons. The van der Waals surface area contributed by atoms with E-state index in [-0.39, 0.29) is 5.91 Å². The van der Waals surface area contributed by atoms with Crippen LogP contribution in [0, 0.1) is 0 Å². The second-order valence-corrected chi connectivity index (χ2v) is 6.74. The van der Waals surface area contributed by atoms with Crippen molar-refractivity contribution in [2.45, 2.75) is 6.54 Å². The van der Waals surface area contributed by atoms with E-state index in [9.17, 15) is 4.79 Å². The molecular formula is C22H23N5O. The van der Waals surface area contributed by atoms with E-state index in [2.05, 4.69) is 32.3 Å². The second-order valence-electron chi connectivity index (χ2n) is 6.74. The lowest BCUT2D eigenvalue weighted by Crippen LogP contribution is -2.49. The maximum absolute atomic E-state index is 12.8. The van der Waals surface area contributed by atoms with Crippen LogP contribution in [0.5, 0.6) is 0 Å². The molecular weight excluding hydrogens is 350 g/mol. The number of nitrogens with one attached hydrogen (secondary N) is 1. The van der Waals surface area contributed by atoms with Crippen molar-refractivity contribution in [3.63, 3.8) is 0 Å². The van der Waals surface area contributed by atoms with Crippen LogP contribution in [0.2, 0.25) is 0 Å². The van der Waals surface area contributed by atoms with Crippen molar-refractivity contribution < 1.29 is 4.79 Å². The molecule has 4 rings (SSSR count). The molecule has 1 aliphatic rings. The summed E-state index contributed by atoms with van der Waals surface area (Å²) in [6.07, 6.45) is 3.49. The zero-order valence-corrected chi connectivity index (χ0v) is 15.7. The molecule has 0 unspecified atom stereocenters. The number of aromatic nitrogens is 2. The van der Waals surface area contributed by atoms with E-state index in [4.69, 9.17) is 0 Å². The average molecular weight is 373 g/mol. The largest absolute Gasteiger partial charge is 0.381 e. The molecule has 1 aliphatic heterocycles. The summed E-state index contributed by atoms with van der Waals surface area (Å²) in [5, 5.41) is 3.39. The van der Waals surface area contributed by atoms with Gasteiger partial charge >= 0.3 is 0 Å². The molecule has 0 aliphatic carbocycles. The quantitative estimate of drug-likeness (QED) is 0.745. The standard InChI is InChI=1S/C22H23N5O/c28-21(26-13-15-27(16-14-26)22-23-11-4-12-24-22)19-7-9-20(10-8-19)25-17-18-5-2-1-3-6-18/h1-12,25H,13-17H2. The van der Waals surface area contributed by atoms with E-state index in [0.29, 0.717) is 13.1 Å². The summed E-state index contributed by atoms with van der Waals surface area (Å²) in [5.74, 6) is 0.798. The lowest BCUT2D eigenvalue weighted by Gasteiger charge is -2.34. The third-order valence-corrected chi connectivity index (χ3v) is 4.87. The van der Waals surface area contributed by atoms with Gasteiger partial charge in [-0.3, -0.25) is 4.79 Å². The molecule has 28 heavy (non-hydrogen) atoms. The number of carbonyl (C=O) groups is 1. The number of amides is 1. The normalized spacial score (nSPS) is 14.0. The highest BCUT2D eigenvalue weighted by Gasteiger charge is 2.23. The van der Waals surface area contributed by atoms with Gasteiger partial charge in [-0.25, -0.2) is 9.97 Å². The first-order valence-corrected chi connectivity index (χ1v) is 9.49. The van der Waals surface area contributed by atoms with Gasteiger partial charge in [0.15, 0.2) is 0 Å². The Balaban J connectivity index is 1.31. The van der Waals surface area contributed by atoms with Gasteiger partial charge in [0.05, 0.1) is 0 Å². The van der Waals surface area contributed by atoms with Crippen LogP contribution in [0.3, 0.4) is 0 Å². The van der Waals surface area contributed by atoms with Crippen LogP contribution in [0.15, 0.2) is 73.1 Å². The summed E-state index contributed by atoms with van der Waals surface area (Å²) in [6, 6.07) is 19.8. The summed E-state index contributed by atoms with van der Waals surface area (Å²) >= 11 is 0. The summed E-state index contributed by atoms with van der Waals surface area (Å²) in [4.78, 5) is 25.4. The smallest absolute Gasteiger partial charge is 0.253 e. The van der Waals surface area contributed by atoms with Crippen LogP contribution in [0.25, 0.3) is 0 Å². The number of carbonyl (C=O) groups excluding carboxylic acids is 1. The zero-order chi connectivity index (χ0) is 19.2. The number of piperazine rings is 1. The molecule has 1 fully saturated rings. The minimum Gasteiger partial charge on any atom is -0.381 e. The number of hydrogen-bond acceptors (Lipinski definition) is 5. The van der Waals surface area contributed by atoms with Gasteiger partial charge in [-0.15, -0.1) is 0 Å². The maximum atomic E-state index is 12.8. The summed E-state index contributed by atoms with van der Waals surface area (Å²) in [7, 11) is 0.